The molecule has 0 saturated carbocycles. The minimum absolute atomic E-state index is 0.297. The van der Waals surface area contributed by atoms with Crippen LogP contribution in [0.5, 0.6) is 0 Å². The van der Waals surface area contributed by atoms with Gasteiger partial charge >= 0.3 is 0 Å². The number of carbonyl (C=O) groups excluding carboxylic acids is 3. The zero-order valence-corrected chi connectivity index (χ0v) is 18.2. The fourth-order valence-corrected chi connectivity index (χ4v) is 4.06. The SMILES string of the molecule is CC1CCN(C2=CC(=O)N(c3ccc(C(=O)N[C@@H](C)c4ccc(F)cc4)cc3)C2=O)CC1. The number of hydrogen-bond acceptors (Lipinski definition) is 4. The third kappa shape index (κ3) is 4.42. The van der Waals surface area contributed by atoms with Gasteiger partial charge < -0.3 is 10.2 Å². The van der Waals surface area contributed by atoms with Gasteiger partial charge in [0.1, 0.15) is 11.5 Å². The van der Waals surface area contributed by atoms with Gasteiger partial charge in [-0.05, 0) is 67.6 Å². The number of rotatable bonds is 5. The maximum Gasteiger partial charge on any atom is 0.281 e. The lowest BCUT2D eigenvalue weighted by Gasteiger charge is -2.32. The lowest BCUT2D eigenvalue weighted by molar-refractivity contribution is -0.121. The number of benzene rings is 2. The van der Waals surface area contributed by atoms with Crippen LogP contribution in [0.15, 0.2) is 60.3 Å². The van der Waals surface area contributed by atoms with Gasteiger partial charge in [-0.1, -0.05) is 19.1 Å². The normalized spacial score (nSPS) is 18.0. The Morgan fingerprint density at radius 2 is 1.66 bits per heavy atom. The van der Waals surface area contributed by atoms with Crippen LogP contribution in [0.25, 0.3) is 0 Å². The molecular formula is C25H26FN3O3. The van der Waals surface area contributed by atoms with Crippen molar-refractivity contribution in [2.45, 2.75) is 32.7 Å². The summed E-state index contributed by atoms with van der Waals surface area (Å²) < 4.78 is 13.1. The van der Waals surface area contributed by atoms with Crippen LogP contribution in [-0.4, -0.2) is 35.7 Å². The second-order valence-electron chi connectivity index (χ2n) is 8.47. The van der Waals surface area contributed by atoms with Gasteiger partial charge in [0.25, 0.3) is 17.7 Å². The molecule has 0 radical (unpaired) electrons. The molecule has 2 heterocycles. The van der Waals surface area contributed by atoms with Crippen molar-refractivity contribution >= 4 is 23.4 Å². The van der Waals surface area contributed by atoms with E-state index in [0.29, 0.717) is 22.9 Å². The summed E-state index contributed by atoms with van der Waals surface area (Å²) in [4.78, 5) is 41.2. The van der Waals surface area contributed by atoms with Crippen LogP contribution in [0, 0.1) is 11.7 Å². The standard InChI is InChI=1S/C25H26FN3O3/c1-16-11-13-28(14-12-16)22-15-23(30)29(25(22)32)21-9-5-19(6-10-21)24(31)27-17(2)18-3-7-20(26)8-4-18/h3-10,15-17H,11-14H2,1-2H3,(H,27,31)/t17-/m0/s1. The highest BCUT2D eigenvalue weighted by Crippen LogP contribution is 2.28. The number of nitrogens with zero attached hydrogens (tertiary/aromatic N) is 2. The van der Waals surface area contributed by atoms with E-state index in [-0.39, 0.29) is 29.6 Å². The average Bonchev–Trinajstić information content (AvgIpc) is 3.08. The van der Waals surface area contributed by atoms with Gasteiger partial charge in [-0.15, -0.1) is 0 Å². The summed E-state index contributed by atoms with van der Waals surface area (Å²) in [6.07, 6.45) is 3.40. The largest absolute Gasteiger partial charge is 0.367 e. The minimum atomic E-state index is -0.370. The maximum atomic E-state index is 13.1. The topological polar surface area (TPSA) is 69.7 Å². The van der Waals surface area contributed by atoms with E-state index in [1.807, 2.05) is 11.8 Å². The number of nitrogens with one attached hydrogen (secondary N) is 1. The van der Waals surface area contributed by atoms with Crippen molar-refractivity contribution in [1.29, 1.82) is 0 Å². The zero-order valence-electron chi connectivity index (χ0n) is 18.2. The van der Waals surface area contributed by atoms with Crippen LogP contribution in [0.1, 0.15) is 48.7 Å². The van der Waals surface area contributed by atoms with Crippen LogP contribution in [0.4, 0.5) is 10.1 Å². The Morgan fingerprint density at radius 3 is 2.28 bits per heavy atom. The summed E-state index contributed by atoms with van der Waals surface area (Å²) in [5.41, 5.74) is 2.06. The zero-order chi connectivity index (χ0) is 22.8. The second-order valence-corrected chi connectivity index (χ2v) is 8.47. The summed E-state index contributed by atoms with van der Waals surface area (Å²) in [7, 11) is 0. The quantitative estimate of drug-likeness (QED) is 0.726. The highest BCUT2D eigenvalue weighted by atomic mass is 19.1. The fourth-order valence-electron chi connectivity index (χ4n) is 4.06. The molecule has 0 spiro atoms. The van der Waals surface area contributed by atoms with Crippen molar-refractivity contribution in [2.24, 2.45) is 5.92 Å². The van der Waals surface area contributed by atoms with Crippen LogP contribution in [-0.2, 0) is 9.59 Å². The van der Waals surface area contributed by atoms with Crippen molar-refractivity contribution < 1.29 is 18.8 Å². The fraction of sp³-hybridized carbons (Fsp3) is 0.320. The molecule has 32 heavy (non-hydrogen) atoms. The van der Waals surface area contributed by atoms with Gasteiger partial charge in [0.2, 0.25) is 0 Å². The summed E-state index contributed by atoms with van der Waals surface area (Å²) in [5, 5.41) is 2.87. The van der Waals surface area contributed by atoms with Gasteiger partial charge in [-0.25, -0.2) is 9.29 Å². The van der Waals surface area contributed by atoms with Crippen LogP contribution in [0.2, 0.25) is 0 Å². The number of halogens is 1. The molecule has 6 nitrogen and oxygen atoms in total. The molecule has 2 aromatic rings. The molecule has 1 saturated heterocycles. The molecule has 1 N–H and O–H groups in total. The first-order valence-electron chi connectivity index (χ1n) is 10.8. The average molecular weight is 435 g/mol. The van der Waals surface area contributed by atoms with Gasteiger partial charge in [0.15, 0.2) is 0 Å². The van der Waals surface area contributed by atoms with Crippen LogP contribution >= 0.6 is 0 Å². The summed E-state index contributed by atoms with van der Waals surface area (Å²) in [5.74, 6) is -0.702. The predicted molar refractivity (Wildman–Crippen MR) is 119 cm³/mol. The molecule has 0 bridgehead atoms. The number of likely N-dealkylation sites (tertiary alicyclic amines) is 1. The number of hydrogen-bond donors (Lipinski definition) is 1. The maximum absolute atomic E-state index is 13.1. The van der Waals surface area contributed by atoms with Gasteiger partial charge in [-0.2, -0.15) is 0 Å². The molecular weight excluding hydrogens is 409 g/mol. The molecule has 2 aromatic carbocycles. The molecule has 0 unspecified atom stereocenters. The van der Waals surface area contributed by atoms with Crippen LogP contribution in [0.3, 0.4) is 0 Å². The molecule has 2 aliphatic heterocycles. The van der Waals surface area contributed by atoms with E-state index in [4.69, 9.17) is 0 Å². The smallest absolute Gasteiger partial charge is 0.281 e. The summed E-state index contributed by atoms with van der Waals surface area (Å²) in [6.45, 7) is 5.55. The van der Waals surface area contributed by atoms with Gasteiger partial charge in [-0.3, -0.25) is 14.4 Å². The first kappa shape index (κ1) is 21.7. The van der Waals surface area contributed by atoms with Crippen LogP contribution < -0.4 is 10.2 Å². The molecule has 1 fully saturated rings. The molecule has 1 atom stereocenters. The lowest BCUT2D eigenvalue weighted by Crippen LogP contribution is -2.38. The summed E-state index contributed by atoms with van der Waals surface area (Å²) >= 11 is 0. The van der Waals surface area contributed by atoms with E-state index in [1.165, 1.54) is 18.2 Å². The number of carbonyl (C=O) groups is 3. The van der Waals surface area contributed by atoms with Crippen molar-refractivity contribution in [1.82, 2.24) is 10.2 Å². The first-order valence-corrected chi connectivity index (χ1v) is 10.8. The monoisotopic (exact) mass is 435 g/mol. The molecule has 0 aliphatic carbocycles. The Hall–Kier alpha value is -3.48. The minimum Gasteiger partial charge on any atom is -0.367 e. The van der Waals surface area contributed by atoms with Crippen molar-refractivity contribution in [3.8, 4) is 0 Å². The molecule has 7 heteroatoms. The Kier molecular flexibility index (Phi) is 6.08. The van der Waals surface area contributed by atoms with E-state index in [0.717, 1.165) is 36.4 Å². The van der Waals surface area contributed by atoms with Gasteiger partial charge in [0.05, 0.1) is 11.7 Å². The van der Waals surface area contributed by atoms with Gasteiger partial charge in [0, 0.05) is 24.7 Å². The lowest BCUT2D eigenvalue weighted by atomic mass is 9.99. The number of amides is 3. The van der Waals surface area contributed by atoms with Crippen molar-refractivity contribution in [3.05, 3.63) is 77.2 Å². The Labute approximate surface area is 186 Å². The van der Waals surface area contributed by atoms with E-state index in [1.54, 1.807) is 36.4 Å². The predicted octanol–water partition coefficient (Wildman–Crippen LogP) is 3.81. The summed E-state index contributed by atoms with van der Waals surface area (Å²) in [6, 6.07) is 12.0. The second kappa shape index (κ2) is 8.94. The number of anilines is 1. The molecule has 2 aliphatic rings. The molecule has 3 amide bonds. The van der Waals surface area contributed by atoms with E-state index in [2.05, 4.69) is 12.2 Å². The molecule has 4 rings (SSSR count). The van der Waals surface area contributed by atoms with E-state index in [9.17, 15) is 18.8 Å². The Balaban J connectivity index is 1.42. The molecule has 166 valence electrons. The third-order valence-electron chi connectivity index (χ3n) is 6.13. The van der Waals surface area contributed by atoms with E-state index < -0.39 is 0 Å². The highest BCUT2D eigenvalue weighted by molar-refractivity contribution is 6.30. The number of imide groups is 1. The van der Waals surface area contributed by atoms with Crippen molar-refractivity contribution in [3.63, 3.8) is 0 Å². The Morgan fingerprint density at radius 1 is 1.03 bits per heavy atom. The molecule has 0 aromatic heterocycles. The highest BCUT2D eigenvalue weighted by Gasteiger charge is 2.36. The van der Waals surface area contributed by atoms with E-state index >= 15 is 0 Å². The number of piperidine rings is 1. The third-order valence-corrected chi connectivity index (χ3v) is 6.13. The van der Waals surface area contributed by atoms with Crippen molar-refractivity contribution in [2.75, 3.05) is 18.0 Å². The first-order chi connectivity index (χ1) is 15.3. The Bertz CT molecular complexity index is 1050.